The van der Waals surface area contributed by atoms with E-state index < -0.39 is 0 Å². The minimum atomic E-state index is -0.0954. The topological polar surface area (TPSA) is 58.2 Å². The lowest BCUT2D eigenvalue weighted by Crippen LogP contribution is -2.44. The van der Waals surface area contributed by atoms with Gasteiger partial charge in [-0.05, 0) is 36.5 Å². The highest BCUT2D eigenvalue weighted by Gasteiger charge is 2.35. The van der Waals surface area contributed by atoms with Crippen LogP contribution in [0.25, 0.3) is 0 Å². The Morgan fingerprint density at radius 3 is 2.33 bits per heavy atom. The first-order valence-corrected chi connectivity index (χ1v) is 8.35. The third-order valence-electron chi connectivity index (χ3n) is 4.49. The first-order chi connectivity index (χ1) is 9.81. The summed E-state index contributed by atoms with van der Waals surface area (Å²) in [6, 6.07) is 0. The zero-order chi connectivity index (χ0) is 16.0. The summed E-state index contributed by atoms with van der Waals surface area (Å²) in [5, 5.41) is 5.66. The summed E-state index contributed by atoms with van der Waals surface area (Å²) in [4.78, 5) is 24.1. The molecule has 0 spiro atoms. The molecule has 0 heterocycles. The monoisotopic (exact) mass is 296 g/mol. The van der Waals surface area contributed by atoms with Crippen molar-refractivity contribution >= 4 is 11.8 Å². The van der Waals surface area contributed by atoms with Crippen LogP contribution < -0.4 is 10.6 Å². The number of hydrogen-bond donors (Lipinski definition) is 2. The molecule has 3 atom stereocenters. The maximum Gasteiger partial charge on any atom is 0.239 e. The van der Waals surface area contributed by atoms with Crippen LogP contribution in [0.5, 0.6) is 0 Å². The van der Waals surface area contributed by atoms with Gasteiger partial charge in [0.2, 0.25) is 11.8 Å². The predicted molar refractivity (Wildman–Crippen MR) is 85.7 cm³/mol. The van der Waals surface area contributed by atoms with Crippen molar-refractivity contribution in [1.82, 2.24) is 10.6 Å². The first kappa shape index (κ1) is 18.0. The second-order valence-corrected chi connectivity index (χ2v) is 7.35. The van der Waals surface area contributed by atoms with Gasteiger partial charge in [0.15, 0.2) is 0 Å². The molecule has 1 rings (SSSR count). The second-order valence-electron chi connectivity index (χ2n) is 7.35. The van der Waals surface area contributed by atoms with E-state index in [1.807, 2.05) is 0 Å². The van der Waals surface area contributed by atoms with Gasteiger partial charge in [-0.15, -0.1) is 0 Å². The van der Waals surface area contributed by atoms with Crippen molar-refractivity contribution in [3.63, 3.8) is 0 Å². The number of carbonyl (C=O) groups is 2. The van der Waals surface area contributed by atoms with Crippen LogP contribution in [0.3, 0.4) is 0 Å². The summed E-state index contributed by atoms with van der Waals surface area (Å²) in [5.41, 5.74) is 0. The average molecular weight is 296 g/mol. The number of rotatable bonds is 6. The molecule has 0 saturated heterocycles. The molecule has 0 aromatic carbocycles. The molecule has 0 aromatic heterocycles. The van der Waals surface area contributed by atoms with Crippen molar-refractivity contribution in [2.24, 2.45) is 29.6 Å². The van der Waals surface area contributed by atoms with Crippen LogP contribution in [-0.4, -0.2) is 24.9 Å². The fraction of sp³-hybridized carbons (Fsp3) is 0.882. The maximum atomic E-state index is 12.4. The normalized spacial score (nSPS) is 26.0. The smallest absolute Gasteiger partial charge is 0.239 e. The first-order valence-electron chi connectivity index (χ1n) is 8.35. The Hall–Kier alpha value is -1.06. The van der Waals surface area contributed by atoms with Gasteiger partial charge < -0.3 is 10.6 Å². The second kappa shape index (κ2) is 8.40. The quantitative estimate of drug-likeness (QED) is 0.791. The van der Waals surface area contributed by atoms with E-state index in [1.54, 1.807) is 0 Å². The van der Waals surface area contributed by atoms with Crippen LogP contribution >= 0.6 is 0 Å². The highest BCUT2D eigenvalue weighted by Crippen LogP contribution is 2.37. The van der Waals surface area contributed by atoms with Gasteiger partial charge in [0, 0.05) is 12.5 Å². The van der Waals surface area contributed by atoms with Crippen molar-refractivity contribution in [2.75, 3.05) is 13.1 Å². The summed E-state index contributed by atoms with van der Waals surface area (Å²) >= 11 is 0. The molecule has 0 aliphatic heterocycles. The Morgan fingerprint density at radius 1 is 1.10 bits per heavy atom. The summed E-state index contributed by atoms with van der Waals surface area (Å²) in [6.07, 6.45) is 3.28. The van der Waals surface area contributed by atoms with E-state index in [0.29, 0.717) is 30.2 Å². The van der Waals surface area contributed by atoms with Crippen LogP contribution in [0, 0.1) is 29.6 Å². The standard InChI is InChI=1S/C17H32N2O2/c1-11(2)9-18-16(20)10-19-17(21)15-8-13(5)6-7-14(15)12(3)4/h11-15H,6-10H2,1-5H3,(H,18,20)(H,19,21)/t13-,14+,15-/m1/s1. The average Bonchev–Trinajstić information content (AvgIpc) is 2.41. The van der Waals surface area contributed by atoms with Crippen LogP contribution in [0.2, 0.25) is 0 Å². The maximum absolute atomic E-state index is 12.4. The van der Waals surface area contributed by atoms with Gasteiger partial charge in [-0.25, -0.2) is 0 Å². The fourth-order valence-corrected chi connectivity index (χ4v) is 3.18. The zero-order valence-corrected chi connectivity index (χ0v) is 14.2. The molecule has 0 aromatic rings. The Morgan fingerprint density at radius 2 is 1.76 bits per heavy atom. The van der Waals surface area contributed by atoms with E-state index in [9.17, 15) is 9.59 Å². The van der Waals surface area contributed by atoms with Crippen molar-refractivity contribution < 1.29 is 9.59 Å². The lowest BCUT2D eigenvalue weighted by molar-refractivity contribution is -0.131. The van der Waals surface area contributed by atoms with E-state index in [-0.39, 0.29) is 24.3 Å². The summed E-state index contributed by atoms with van der Waals surface area (Å²) < 4.78 is 0. The Bertz CT molecular complexity index is 353. The summed E-state index contributed by atoms with van der Waals surface area (Å²) in [5.74, 6) is 2.01. The molecule has 0 unspecified atom stereocenters. The minimum absolute atomic E-state index is 0.0555. The third kappa shape index (κ3) is 6.06. The van der Waals surface area contributed by atoms with Gasteiger partial charge in [0.25, 0.3) is 0 Å². The predicted octanol–water partition coefficient (Wildman–Crippen LogP) is 2.58. The van der Waals surface area contributed by atoms with Gasteiger partial charge in [0.05, 0.1) is 6.54 Å². The molecule has 1 aliphatic carbocycles. The van der Waals surface area contributed by atoms with Crippen molar-refractivity contribution in [2.45, 2.75) is 53.9 Å². The largest absolute Gasteiger partial charge is 0.354 e. The van der Waals surface area contributed by atoms with E-state index in [0.717, 1.165) is 12.8 Å². The van der Waals surface area contributed by atoms with Gasteiger partial charge in [-0.2, -0.15) is 0 Å². The van der Waals surface area contributed by atoms with Gasteiger partial charge >= 0.3 is 0 Å². The molecule has 1 fully saturated rings. The van der Waals surface area contributed by atoms with Gasteiger partial charge in [0.1, 0.15) is 0 Å². The van der Waals surface area contributed by atoms with Crippen LogP contribution in [-0.2, 0) is 9.59 Å². The van der Waals surface area contributed by atoms with Crippen LogP contribution in [0.1, 0.15) is 53.9 Å². The van der Waals surface area contributed by atoms with Crippen LogP contribution in [0.4, 0.5) is 0 Å². The summed E-state index contributed by atoms with van der Waals surface area (Å²) in [6.45, 7) is 11.5. The van der Waals surface area contributed by atoms with Crippen molar-refractivity contribution in [1.29, 1.82) is 0 Å². The Labute approximate surface area is 129 Å². The lowest BCUT2D eigenvalue weighted by atomic mass is 9.70. The molecular weight excluding hydrogens is 264 g/mol. The molecule has 2 N–H and O–H groups in total. The fourth-order valence-electron chi connectivity index (χ4n) is 3.18. The molecule has 0 bridgehead atoms. The molecule has 21 heavy (non-hydrogen) atoms. The number of carbonyl (C=O) groups excluding carboxylic acids is 2. The molecule has 122 valence electrons. The highest BCUT2D eigenvalue weighted by atomic mass is 16.2. The SMILES string of the molecule is CC(C)CNC(=O)CNC(=O)[C@@H]1C[C@H](C)CC[C@H]1C(C)C. The molecule has 0 radical (unpaired) electrons. The highest BCUT2D eigenvalue weighted by molar-refractivity contribution is 5.86. The lowest BCUT2D eigenvalue weighted by Gasteiger charge is -2.36. The van der Waals surface area contributed by atoms with E-state index in [2.05, 4.69) is 45.3 Å². The Balaban J connectivity index is 2.46. The van der Waals surface area contributed by atoms with Crippen molar-refractivity contribution in [3.8, 4) is 0 Å². The van der Waals surface area contributed by atoms with E-state index in [1.165, 1.54) is 6.42 Å². The molecule has 1 aliphatic rings. The molecule has 4 nitrogen and oxygen atoms in total. The number of hydrogen-bond acceptors (Lipinski definition) is 2. The number of nitrogens with one attached hydrogen (secondary N) is 2. The summed E-state index contributed by atoms with van der Waals surface area (Å²) in [7, 11) is 0. The van der Waals surface area contributed by atoms with Gasteiger partial charge in [-0.3, -0.25) is 9.59 Å². The molecule has 4 heteroatoms. The Kier molecular flexibility index (Phi) is 7.20. The number of amides is 2. The van der Waals surface area contributed by atoms with E-state index in [4.69, 9.17) is 0 Å². The molecule has 1 saturated carbocycles. The third-order valence-corrected chi connectivity index (χ3v) is 4.49. The van der Waals surface area contributed by atoms with Crippen LogP contribution in [0.15, 0.2) is 0 Å². The van der Waals surface area contributed by atoms with Crippen molar-refractivity contribution in [3.05, 3.63) is 0 Å². The minimum Gasteiger partial charge on any atom is -0.354 e. The van der Waals surface area contributed by atoms with Gasteiger partial charge in [-0.1, -0.05) is 41.0 Å². The molecule has 2 amide bonds. The zero-order valence-electron chi connectivity index (χ0n) is 14.2. The van der Waals surface area contributed by atoms with E-state index >= 15 is 0 Å². The molecular formula is C17H32N2O2.